The molecule has 0 heterocycles. The van der Waals surface area contributed by atoms with Crippen LogP contribution in [0, 0.1) is 5.82 Å². The molecule has 0 aliphatic carbocycles. The van der Waals surface area contributed by atoms with E-state index < -0.39 is 0 Å². The zero-order valence-electron chi connectivity index (χ0n) is 9.73. The number of hydrogen-bond acceptors (Lipinski definition) is 4. The molecule has 1 aromatic rings. The Hall–Kier alpha value is -1.76. The molecule has 7 heteroatoms. The minimum absolute atomic E-state index is 0.145. The largest absolute Gasteiger partial charge is 0.377 e. The van der Waals surface area contributed by atoms with Crippen LogP contribution < -0.4 is 16.9 Å². The highest BCUT2D eigenvalue weighted by Gasteiger charge is 2.03. The van der Waals surface area contributed by atoms with Gasteiger partial charge in [0.1, 0.15) is 5.82 Å². The van der Waals surface area contributed by atoms with Gasteiger partial charge in [-0.15, -0.1) is 0 Å². The van der Waals surface area contributed by atoms with Crippen LogP contribution in [0.5, 0.6) is 0 Å². The van der Waals surface area contributed by atoms with Gasteiger partial charge in [0.25, 0.3) is 0 Å². The monoisotopic (exact) mass is 270 g/mol. The van der Waals surface area contributed by atoms with E-state index in [9.17, 15) is 9.18 Å². The second-order valence-corrected chi connectivity index (χ2v) is 4.48. The number of carbonyl (C=O) groups is 1. The Labute approximate surface area is 109 Å². The lowest BCUT2D eigenvalue weighted by Crippen LogP contribution is -2.28. The molecule has 5 nitrogen and oxygen atoms in total. The summed E-state index contributed by atoms with van der Waals surface area (Å²) in [7, 11) is 0. The van der Waals surface area contributed by atoms with Crippen molar-refractivity contribution in [3.05, 3.63) is 35.6 Å². The molecular weight excluding hydrogens is 255 g/mol. The van der Waals surface area contributed by atoms with Crippen LogP contribution in [0.25, 0.3) is 0 Å². The van der Waals surface area contributed by atoms with Crippen molar-refractivity contribution >= 4 is 22.8 Å². The minimum atomic E-state index is -0.268. The second-order valence-electron chi connectivity index (χ2n) is 3.48. The van der Waals surface area contributed by atoms with Gasteiger partial charge < -0.3 is 16.9 Å². The van der Waals surface area contributed by atoms with Gasteiger partial charge in [-0.05, 0) is 24.1 Å². The third kappa shape index (κ3) is 5.53. The molecule has 0 aliphatic heterocycles. The van der Waals surface area contributed by atoms with Crippen molar-refractivity contribution < 1.29 is 9.18 Å². The Morgan fingerprint density at radius 2 is 2.06 bits per heavy atom. The topological polar surface area (TPSA) is 93.5 Å². The smallest absolute Gasteiger partial charge is 0.230 e. The molecule has 98 valence electrons. The number of rotatable bonds is 5. The Bertz CT molecular complexity index is 422. The van der Waals surface area contributed by atoms with E-state index in [4.69, 9.17) is 11.6 Å². The highest BCUT2D eigenvalue weighted by Crippen LogP contribution is 2.03. The molecule has 0 fully saturated rings. The van der Waals surface area contributed by atoms with Crippen LogP contribution in [0.3, 0.4) is 0 Å². The lowest BCUT2D eigenvalue weighted by molar-refractivity contribution is -0.118. The van der Waals surface area contributed by atoms with Gasteiger partial charge >= 0.3 is 0 Å². The van der Waals surface area contributed by atoms with Crippen molar-refractivity contribution in [2.24, 2.45) is 16.7 Å². The van der Waals surface area contributed by atoms with E-state index >= 15 is 0 Å². The number of thioether (sulfide) groups is 1. The van der Waals surface area contributed by atoms with Crippen molar-refractivity contribution in [3.63, 3.8) is 0 Å². The highest BCUT2D eigenvalue weighted by molar-refractivity contribution is 8.14. The molecule has 0 aromatic heterocycles. The SMILES string of the molecule is NN=C(N)SCC(=O)NCCc1ccc(F)cc1. The Balaban J connectivity index is 2.21. The average Bonchev–Trinajstić information content (AvgIpc) is 2.38. The average molecular weight is 270 g/mol. The van der Waals surface area contributed by atoms with Crippen molar-refractivity contribution in [1.82, 2.24) is 5.32 Å². The second kappa shape index (κ2) is 7.54. The zero-order chi connectivity index (χ0) is 13.4. The first-order valence-corrected chi connectivity index (χ1v) is 6.27. The maximum absolute atomic E-state index is 12.6. The van der Waals surface area contributed by atoms with Crippen molar-refractivity contribution in [3.8, 4) is 0 Å². The van der Waals surface area contributed by atoms with E-state index in [1.807, 2.05) is 0 Å². The molecule has 5 N–H and O–H groups in total. The van der Waals surface area contributed by atoms with Crippen LogP contribution in [0.4, 0.5) is 4.39 Å². The van der Waals surface area contributed by atoms with Crippen molar-refractivity contribution in [2.45, 2.75) is 6.42 Å². The van der Waals surface area contributed by atoms with E-state index in [-0.39, 0.29) is 22.6 Å². The maximum atomic E-state index is 12.6. The summed E-state index contributed by atoms with van der Waals surface area (Å²) < 4.78 is 12.6. The van der Waals surface area contributed by atoms with Crippen LogP contribution in [0.2, 0.25) is 0 Å². The maximum Gasteiger partial charge on any atom is 0.230 e. The number of benzene rings is 1. The van der Waals surface area contributed by atoms with Crippen LogP contribution in [0.15, 0.2) is 29.4 Å². The van der Waals surface area contributed by atoms with Gasteiger partial charge in [-0.3, -0.25) is 4.79 Å². The molecular formula is C11H15FN4OS. The lowest BCUT2D eigenvalue weighted by Gasteiger charge is -2.05. The van der Waals surface area contributed by atoms with Crippen LogP contribution in [-0.2, 0) is 11.2 Å². The first-order valence-electron chi connectivity index (χ1n) is 5.29. The van der Waals surface area contributed by atoms with E-state index in [1.54, 1.807) is 12.1 Å². The van der Waals surface area contributed by atoms with Crippen LogP contribution >= 0.6 is 11.8 Å². The van der Waals surface area contributed by atoms with Gasteiger partial charge in [-0.1, -0.05) is 23.9 Å². The predicted octanol–water partition coefficient (Wildman–Crippen LogP) is 0.406. The van der Waals surface area contributed by atoms with E-state index in [1.165, 1.54) is 12.1 Å². The fourth-order valence-corrected chi connectivity index (χ4v) is 1.68. The normalized spacial score (nSPS) is 11.3. The van der Waals surface area contributed by atoms with E-state index in [0.29, 0.717) is 13.0 Å². The molecule has 0 aliphatic rings. The summed E-state index contributed by atoms with van der Waals surface area (Å²) >= 11 is 1.07. The van der Waals surface area contributed by atoms with Crippen LogP contribution in [-0.4, -0.2) is 23.4 Å². The summed E-state index contributed by atoms with van der Waals surface area (Å²) in [5, 5.41) is 6.13. The molecule has 1 rings (SSSR count). The number of nitrogens with zero attached hydrogens (tertiary/aromatic N) is 1. The third-order valence-corrected chi connectivity index (χ3v) is 2.94. The standard InChI is InChI=1S/C11H15FN4OS/c12-9-3-1-8(2-4-9)5-6-15-10(17)7-18-11(13)16-14/h1-4H,5-7,14H2,(H2,13,16)(H,15,17). The van der Waals surface area contributed by atoms with Gasteiger partial charge in [-0.2, -0.15) is 5.10 Å². The summed E-state index contributed by atoms with van der Waals surface area (Å²) in [6, 6.07) is 6.17. The minimum Gasteiger partial charge on any atom is -0.377 e. The number of amidine groups is 1. The molecule has 18 heavy (non-hydrogen) atoms. The number of hydrazone groups is 1. The molecule has 1 amide bonds. The number of amides is 1. The fraction of sp³-hybridized carbons (Fsp3) is 0.273. The van der Waals surface area contributed by atoms with Gasteiger partial charge in [0.05, 0.1) is 5.75 Å². The van der Waals surface area contributed by atoms with Gasteiger partial charge in [0.15, 0.2) is 5.17 Å². The molecule has 0 saturated heterocycles. The highest BCUT2D eigenvalue weighted by atomic mass is 32.2. The molecule has 0 radical (unpaired) electrons. The molecule has 0 atom stereocenters. The van der Waals surface area contributed by atoms with Crippen LogP contribution in [0.1, 0.15) is 5.56 Å². The summed E-state index contributed by atoms with van der Waals surface area (Å²) in [6.07, 6.45) is 0.650. The third-order valence-electron chi connectivity index (χ3n) is 2.13. The van der Waals surface area contributed by atoms with Crippen molar-refractivity contribution in [1.29, 1.82) is 0 Å². The zero-order valence-corrected chi connectivity index (χ0v) is 10.5. The van der Waals surface area contributed by atoms with Gasteiger partial charge in [0, 0.05) is 6.54 Å². The first-order chi connectivity index (χ1) is 8.61. The summed E-state index contributed by atoms with van der Waals surface area (Å²) in [5.41, 5.74) is 6.29. The Morgan fingerprint density at radius 3 is 2.67 bits per heavy atom. The number of nitrogens with two attached hydrogens (primary N) is 2. The predicted molar refractivity (Wildman–Crippen MR) is 71.4 cm³/mol. The van der Waals surface area contributed by atoms with E-state index in [2.05, 4.69) is 10.4 Å². The fourth-order valence-electron chi connectivity index (χ4n) is 1.23. The molecule has 0 saturated carbocycles. The molecule has 0 spiro atoms. The number of halogens is 1. The Kier molecular flexibility index (Phi) is 5.99. The van der Waals surface area contributed by atoms with Gasteiger partial charge in [-0.25, -0.2) is 4.39 Å². The number of carbonyl (C=O) groups excluding carboxylic acids is 1. The quantitative estimate of drug-likeness (QED) is 0.312. The summed E-state index contributed by atoms with van der Waals surface area (Å²) in [4.78, 5) is 11.4. The molecule has 1 aromatic carbocycles. The van der Waals surface area contributed by atoms with Gasteiger partial charge in [0.2, 0.25) is 5.91 Å². The molecule has 0 bridgehead atoms. The van der Waals surface area contributed by atoms with Crippen molar-refractivity contribution in [2.75, 3.05) is 12.3 Å². The lowest BCUT2D eigenvalue weighted by atomic mass is 10.1. The number of hydrogen-bond donors (Lipinski definition) is 3. The summed E-state index contributed by atoms with van der Waals surface area (Å²) in [5.74, 6) is 4.69. The first kappa shape index (κ1) is 14.3. The summed E-state index contributed by atoms with van der Waals surface area (Å²) in [6.45, 7) is 0.491. The number of nitrogens with one attached hydrogen (secondary N) is 1. The molecule has 0 unspecified atom stereocenters. The Morgan fingerprint density at radius 1 is 1.39 bits per heavy atom. The van der Waals surface area contributed by atoms with E-state index in [0.717, 1.165) is 17.3 Å².